The van der Waals surface area contributed by atoms with Crippen molar-refractivity contribution in [1.29, 1.82) is 0 Å². The largest absolute Gasteiger partial charge is 0.488 e. The Balaban J connectivity index is 1.58. The van der Waals surface area contributed by atoms with Crippen LogP contribution in [0.4, 0.5) is 0 Å². The second-order valence-electron chi connectivity index (χ2n) is 8.78. The number of aromatic nitrogens is 1. The van der Waals surface area contributed by atoms with Crippen LogP contribution in [0.3, 0.4) is 0 Å². The van der Waals surface area contributed by atoms with Gasteiger partial charge in [-0.3, -0.25) is 9.36 Å². The summed E-state index contributed by atoms with van der Waals surface area (Å²) in [5, 5.41) is 1.07. The fraction of sp³-hybridized carbons (Fsp3) is 0.167. The van der Waals surface area contributed by atoms with Crippen LogP contribution < -0.4 is 19.6 Å². The molecule has 0 aliphatic carbocycles. The summed E-state index contributed by atoms with van der Waals surface area (Å²) in [5.41, 5.74) is 2.94. The molecule has 0 saturated heterocycles. The number of carbonyl (C=O) groups is 1. The van der Waals surface area contributed by atoms with E-state index in [0.717, 1.165) is 16.7 Å². The second kappa shape index (κ2) is 11.6. The molecule has 0 N–H and O–H groups in total. The van der Waals surface area contributed by atoms with Gasteiger partial charge in [0.1, 0.15) is 12.4 Å². The summed E-state index contributed by atoms with van der Waals surface area (Å²) in [6, 6.07) is 21.5. The van der Waals surface area contributed by atoms with E-state index >= 15 is 0 Å². The Kier molecular flexibility index (Phi) is 8.02. The molecular formula is C30H24Cl2N2O4S. The van der Waals surface area contributed by atoms with Gasteiger partial charge in [-0.15, -0.1) is 0 Å². The zero-order chi connectivity index (χ0) is 27.5. The smallest absolute Gasteiger partial charge is 0.338 e. The number of esters is 1. The number of hydrogen-bond acceptors (Lipinski definition) is 6. The summed E-state index contributed by atoms with van der Waals surface area (Å²) in [5.74, 6) is 0.110. The van der Waals surface area contributed by atoms with Gasteiger partial charge in [-0.1, -0.05) is 89.1 Å². The zero-order valence-corrected chi connectivity index (χ0v) is 23.5. The van der Waals surface area contributed by atoms with E-state index in [2.05, 4.69) is 4.99 Å². The predicted octanol–water partition coefficient (Wildman–Crippen LogP) is 5.68. The molecule has 1 unspecified atom stereocenters. The summed E-state index contributed by atoms with van der Waals surface area (Å²) >= 11 is 13.6. The molecule has 0 spiro atoms. The number of fused-ring (bicyclic) bond motifs is 1. The normalized spacial score (nSPS) is 15.1. The molecule has 1 aliphatic rings. The standard InChI is InChI=1S/C30H24Cl2N2O4S/c1-3-37-29(36)26-18(2)33-30-34(27(26)19-9-5-4-6-10-19)28(35)25(39-30)15-20-11-7-8-12-24(20)38-17-21-13-14-22(31)16-23(21)32/h4-16,27H,3,17H2,1-2H3. The van der Waals surface area contributed by atoms with E-state index < -0.39 is 12.0 Å². The zero-order valence-electron chi connectivity index (χ0n) is 21.2. The minimum Gasteiger partial charge on any atom is -0.488 e. The first-order chi connectivity index (χ1) is 18.9. The number of para-hydroxylation sites is 1. The van der Waals surface area contributed by atoms with E-state index in [1.807, 2.05) is 60.7 Å². The molecule has 1 aromatic heterocycles. The van der Waals surface area contributed by atoms with Gasteiger partial charge in [-0.2, -0.15) is 0 Å². The summed E-state index contributed by atoms with van der Waals surface area (Å²) in [4.78, 5) is 32.0. The Bertz CT molecular complexity index is 1760. The van der Waals surface area contributed by atoms with E-state index in [1.165, 1.54) is 11.3 Å². The highest BCUT2D eigenvalue weighted by Gasteiger charge is 2.33. The van der Waals surface area contributed by atoms with Crippen molar-refractivity contribution in [2.24, 2.45) is 4.99 Å². The minimum atomic E-state index is -0.651. The topological polar surface area (TPSA) is 69.9 Å². The summed E-state index contributed by atoms with van der Waals surface area (Å²) in [6.07, 6.45) is 1.79. The molecule has 9 heteroatoms. The molecule has 0 fully saturated rings. The Morgan fingerprint density at radius 2 is 1.82 bits per heavy atom. The monoisotopic (exact) mass is 578 g/mol. The van der Waals surface area contributed by atoms with Gasteiger partial charge in [0.05, 0.1) is 28.5 Å². The minimum absolute atomic E-state index is 0.222. The first-order valence-corrected chi connectivity index (χ1v) is 13.8. The first-order valence-electron chi connectivity index (χ1n) is 12.3. The number of hydrogen-bond donors (Lipinski definition) is 0. The van der Waals surface area contributed by atoms with E-state index in [1.54, 1.807) is 36.6 Å². The number of benzene rings is 3. The van der Waals surface area contributed by atoms with Crippen LogP contribution in [0.15, 0.2) is 93.9 Å². The maximum atomic E-state index is 13.8. The molecule has 3 aromatic carbocycles. The van der Waals surface area contributed by atoms with Crippen molar-refractivity contribution in [2.75, 3.05) is 6.61 Å². The Hall–Kier alpha value is -3.65. The summed E-state index contributed by atoms with van der Waals surface area (Å²) in [6.45, 7) is 3.98. The fourth-order valence-corrected chi connectivity index (χ4v) is 5.91. The van der Waals surface area contributed by atoms with Crippen LogP contribution in [0.2, 0.25) is 10.0 Å². The quantitative estimate of drug-likeness (QED) is 0.264. The van der Waals surface area contributed by atoms with E-state index in [0.29, 0.717) is 36.4 Å². The molecule has 198 valence electrons. The Morgan fingerprint density at radius 3 is 2.56 bits per heavy atom. The molecule has 6 nitrogen and oxygen atoms in total. The maximum Gasteiger partial charge on any atom is 0.338 e. The summed E-state index contributed by atoms with van der Waals surface area (Å²) < 4.78 is 13.5. The van der Waals surface area contributed by atoms with E-state index in [4.69, 9.17) is 32.7 Å². The lowest BCUT2D eigenvalue weighted by atomic mass is 9.96. The van der Waals surface area contributed by atoms with Gasteiger partial charge in [-0.25, -0.2) is 9.79 Å². The molecule has 1 aliphatic heterocycles. The van der Waals surface area contributed by atoms with Crippen molar-refractivity contribution in [3.05, 3.63) is 130 Å². The lowest BCUT2D eigenvalue weighted by Gasteiger charge is -2.24. The van der Waals surface area contributed by atoms with Crippen molar-refractivity contribution in [3.63, 3.8) is 0 Å². The van der Waals surface area contributed by atoms with Gasteiger partial charge in [0.25, 0.3) is 5.56 Å². The molecule has 0 radical (unpaired) electrons. The number of ether oxygens (including phenoxy) is 2. The summed E-state index contributed by atoms with van der Waals surface area (Å²) in [7, 11) is 0. The van der Waals surface area contributed by atoms with Gasteiger partial charge in [0, 0.05) is 21.2 Å². The highest BCUT2D eigenvalue weighted by molar-refractivity contribution is 7.07. The molecule has 0 saturated carbocycles. The van der Waals surface area contributed by atoms with Crippen molar-refractivity contribution in [2.45, 2.75) is 26.5 Å². The second-order valence-corrected chi connectivity index (χ2v) is 10.6. The van der Waals surface area contributed by atoms with E-state index in [-0.39, 0.29) is 18.8 Å². The Labute approximate surface area is 239 Å². The fourth-order valence-electron chi connectivity index (χ4n) is 4.41. The lowest BCUT2D eigenvalue weighted by Crippen LogP contribution is -2.39. The number of allylic oxidation sites excluding steroid dienone is 1. The number of carbonyl (C=O) groups excluding carboxylic acids is 1. The first kappa shape index (κ1) is 26.9. The molecule has 39 heavy (non-hydrogen) atoms. The van der Waals surface area contributed by atoms with Gasteiger partial charge < -0.3 is 9.47 Å². The highest BCUT2D eigenvalue weighted by atomic mass is 35.5. The number of halogens is 2. The third kappa shape index (κ3) is 5.57. The molecular weight excluding hydrogens is 555 g/mol. The molecule has 4 aromatic rings. The number of nitrogens with zero attached hydrogens (tertiary/aromatic N) is 2. The van der Waals surface area contributed by atoms with Crippen molar-refractivity contribution in [1.82, 2.24) is 4.57 Å². The number of rotatable bonds is 7. The molecule has 2 heterocycles. The van der Waals surface area contributed by atoms with Crippen LogP contribution in [-0.2, 0) is 16.1 Å². The van der Waals surface area contributed by atoms with E-state index in [9.17, 15) is 9.59 Å². The van der Waals surface area contributed by atoms with Crippen molar-refractivity contribution >= 4 is 46.6 Å². The van der Waals surface area contributed by atoms with Gasteiger partial charge in [0.2, 0.25) is 0 Å². The van der Waals surface area contributed by atoms with Crippen LogP contribution >= 0.6 is 34.5 Å². The average molecular weight is 580 g/mol. The van der Waals surface area contributed by atoms with Crippen molar-refractivity contribution in [3.8, 4) is 5.75 Å². The SMILES string of the molecule is CCOC(=O)C1=C(C)N=c2sc(=Cc3ccccc3OCc3ccc(Cl)cc3Cl)c(=O)n2C1c1ccccc1. The molecule has 5 rings (SSSR count). The van der Waals surface area contributed by atoms with Crippen LogP contribution in [0.1, 0.15) is 36.6 Å². The third-order valence-electron chi connectivity index (χ3n) is 6.24. The predicted molar refractivity (Wildman–Crippen MR) is 154 cm³/mol. The van der Waals surface area contributed by atoms with Crippen LogP contribution in [-0.4, -0.2) is 17.1 Å². The van der Waals surface area contributed by atoms with Crippen molar-refractivity contribution < 1.29 is 14.3 Å². The Morgan fingerprint density at radius 1 is 1.08 bits per heavy atom. The highest BCUT2D eigenvalue weighted by Crippen LogP contribution is 2.30. The van der Waals surface area contributed by atoms with Gasteiger partial charge >= 0.3 is 5.97 Å². The molecule has 0 amide bonds. The van der Waals surface area contributed by atoms with Crippen LogP contribution in [0.25, 0.3) is 6.08 Å². The van der Waals surface area contributed by atoms with Gasteiger partial charge in [0.15, 0.2) is 4.80 Å². The maximum absolute atomic E-state index is 13.8. The lowest BCUT2D eigenvalue weighted by molar-refractivity contribution is -0.139. The average Bonchev–Trinajstić information content (AvgIpc) is 3.22. The number of thiazole rings is 1. The molecule has 1 atom stereocenters. The van der Waals surface area contributed by atoms with Crippen LogP contribution in [0, 0.1) is 0 Å². The molecule has 0 bridgehead atoms. The van der Waals surface area contributed by atoms with Gasteiger partial charge in [-0.05, 0) is 43.7 Å². The van der Waals surface area contributed by atoms with Crippen LogP contribution in [0.5, 0.6) is 5.75 Å². The third-order valence-corrected chi connectivity index (χ3v) is 7.81.